The number of anilines is 1. The zero-order valence-electron chi connectivity index (χ0n) is 12.6. The number of aryl methyl sites for hydroxylation is 2. The predicted octanol–water partition coefficient (Wildman–Crippen LogP) is 3.73. The largest absolute Gasteiger partial charge is 0.332 e. The van der Waals surface area contributed by atoms with Crippen LogP contribution in [-0.4, -0.2) is 30.3 Å². The second-order valence-corrected chi connectivity index (χ2v) is 6.88. The number of nitrogens with one attached hydrogen (secondary N) is 1. The molecule has 22 heavy (non-hydrogen) atoms. The summed E-state index contributed by atoms with van der Waals surface area (Å²) in [6.45, 7) is 3.83. The zero-order chi connectivity index (χ0) is 16.3. The maximum atomic E-state index is 12.4. The summed E-state index contributed by atoms with van der Waals surface area (Å²) < 4.78 is 0. The van der Waals surface area contributed by atoms with E-state index < -0.39 is 0 Å². The van der Waals surface area contributed by atoms with Crippen molar-refractivity contribution < 1.29 is 9.59 Å². The summed E-state index contributed by atoms with van der Waals surface area (Å²) in [5.74, 6) is -0.440. The molecule has 0 bridgehead atoms. The molecule has 4 nitrogen and oxygen atoms in total. The molecule has 0 saturated carbocycles. The van der Waals surface area contributed by atoms with E-state index in [-0.39, 0.29) is 18.4 Å². The first-order valence-corrected chi connectivity index (χ1v) is 7.95. The van der Waals surface area contributed by atoms with Gasteiger partial charge in [-0.25, -0.2) is 0 Å². The number of nitrogens with zero attached hydrogens (tertiary/aromatic N) is 1. The summed E-state index contributed by atoms with van der Waals surface area (Å²) >= 11 is 7.57. The minimum Gasteiger partial charge on any atom is -0.332 e. The highest BCUT2D eigenvalue weighted by Gasteiger charge is 2.18. The molecular formula is C16H17ClN2O2S. The molecule has 0 aliphatic heterocycles. The van der Waals surface area contributed by atoms with Gasteiger partial charge in [0.25, 0.3) is 5.91 Å². The van der Waals surface area contributed by atoms with Gasteiger partial charge in [0.05, 0.1) is 22.8 Å². The second kappa shape index (κ2) is 6.94. The Morgan fingerprint density at radius 1 is 1.27 bits per heavy atom. The molecule has 0 saturated heterocycles. The van der Waals surface area contributed by atoms with Gasteiger partial charge in [-0.2, -0.15) is 0 Å². The highest BCUT2D eigenvalue weighted by atomic mass is 35.5. The Bertz CT molecular complexity index is 712. The summed E-state index contributed by atoms with van der Waals surface area (Å²) in [5.41, 5.74) is 1.19. The number of thiophene rings is 1. The molecule has 0 aliphatic rings. The topological polar surface area (TPSA) is 49.4 Å². The summed E-state index contributed by atoms with van der Waals surface area (Å²) in [4.78, 5) is 27.8. The Hall–Kier alpha value is -1.85. The van der Waals surface area contributed by atoms with Crippen molar-refractivity contribution in [2.75, 3.05) is 18.9 Å². The molecule has 0 atom stereocenters. The number of likely N-dealkylation sites (N-methyl/N-ethyl adjacent to an activating group) is 1. The van der Waals surface area contributed by atoms with Gasteiger partial charge in [-0.15, -0.1) is 11.3 Å². The van der Waals surface area contributed by atoms with Gasteiger partial charge < -0.3 is 10.2 Å². The fraction of sp³-hybridized carbons (Fsp3) is 0.250. The van der Waals surface area contributed by atoms with Gasteiger partial charge in [-0.05, 0) is 32.0 Å². The molecule has 0 fully saturated rings. The molecule has 6 heteroatoms. The molecular weight excluding hydrogens is 320 g/mol. The van der Waals surface area contributed by atoms with Crippen molar-refractivity contribution in [1.82, 2.24) is 4.90 Å². The van der Waals surface area contributed by atoms with Crippen molar-refractivity contribution in [3.63, 3.8) is 0 Å². The monoisotopic (exact) mass is 336 g/mol. The molecule has 1 N–H and O–H groups in total. The molecule has 2 aromatic rings. The molecule has 0 radical (unpaired) electrons. The van der Waals surface area contributed by atoms with E-state index >= 15 is 0 Å². The predicted molar refractivity (Wildman–Crippen MR) is 90.8 cm³/mol. The van der Waals surface area contributed by atoms with E-state index in [4.69, 9.17) is 11.6 Å². The maximum Gasteiger partial charge on any atom is 0.255 e. The maximum absolute atomic E-state index is 12.4. The van der Waals surface area contributed by atoms with Crippen molar-refractivity contribution in [2.45, 2.75) is 13.8 Å². The number of hydrogen-bond donors (Lipinski definition) is 1. The van der Waals surface area contributed by atoms with Crippen LogP contribution >= 0.6 is 22.9 Å². The Morgan fingerprint density at radius 2 is 1.95 bits per heavy atom. The molecule has 1 aromatic carbocycles. The Morgan fingerprint density at radius 3 is 2.55 bits per heavy atom. The van der Waals surface area contributed by atoms with Crippen molar-refractivity contribution in [1.29, 1.82) is 0 Å². The molecule has 1 aromatic heterocycles. The number of carbonyl (C=O) groups excluding carboxylic acids is 2. The average molecular weight is 337 g/mol. The van der Waals surface area contributed by atoms with Crippen LogP contribution in [0, 0.1) is 13.8 Å². The number of para-hydroxylation sites is 1. The number of carbonyl (C=O) groups is 2. The van der Waals surface area contributed by atoms with E-state index in [1.54, 1.807) is 42.6 Å². The van der Waals surface area contributed by atoms with E-state index in [0.717, 1.165) is 9.75 Å². The third kappa shape index (κ3) is 3.87. The molecule has 116 valence electrons. The first-order chi connectivity index (χ1) is 10.4. The van der Waals surface area contributed by atoms with E-state index in [0.29, 0.717) is 16.3 Å². The second-order valence-electron chi connectivity index (χ2n) is 5.02. The number of amides is 2. The van der Waals surface area contributed by atoms with Crippen LogP contribution in [0.5, 0.6) is 0 Å². The fourth-order valence-corrected chi connectivity index (χ4v) is 3.19. The molecule has 1 heterocycles. The number of hydrogen-bond acceptors (Lipinski definition) is 3. The highest BCUT2D eigenvalue weighted by molar-refractivity contribution is 7.12. The van der Waals surface area contributed by atoms with Gasteiger partial charge in [0.2, 0.25) is 5.91 Å². The third-order valence-corrected chi connectivity index (χ3v) is 4.44. The van der Waals surface area contributed by atoms with Gasteiger partial charge in [0, 0.05) is 16.8 Å². The lowest BCUT2D eigenvalue weighted by Gasteiger charge is -2.17. The van der Waals surface area contributed by atoms with Crippen molar-refractivity contribution in [3.8, 4) is 0 Å². The van der Waals surface area contributed by atoms with Gasteiger partial charge in [0.1, 0.15) is 0 Å². The molecule has 0 spiro atoms. The van der Waals surface area contributed by atoms with Gasteiger partial charge in [-0.1, -0.05) is 23.7 Å². The molecule has 2 rings (SSSR count). The lowest BCUT2D eigenvalue weighted by Crippen LogP contribution is -2.35. The smallest absolute Gasteiger partial charge is 0.255 e. The summed E-state index contributed by atoms with van der Waals surface area (Å²) in [6.07, 6.45) is 0. The van der Waals surface area contributed by atoms with E-state index in [9.17, 15) is 9.59 Å². The summed E-state index contributed by atoms with van der Waals surface area (Å²) in [5, 5.41) is 3.17. The molecule has 0 unspecified atom stereocenters. The Balaban J connectivity index is 2.01. The SMILES string of the molecule is Cc1cc(C(=O)N(C)CC(=O)Nc2ccccc2Cl)c(C)s1. The minimum absolute atomic E-state index is 0.0294. The van der Waals surface area contributed by atoms with Crippen LogP contribution in [0.4, 0.5) is 5.69 Å². The van der Waals surface area contributed by atoms with E-state index in [1.165, 1.54) is 4.90 Å². The van der Waals surface area contributed by atoms with Crippen molar-refractivity contribution in [2.24, 2.45) is 0 Å². The lowest BCUT2D eigenvalue weighted by molar-refractivity contribution is -0.116. The minimum atomic E-state index is -0.284. The first kappa shape index (κ1) is 16.5. The third-order valence-electron chi connectivity index (χ3n) is 3.15. The van der Waals surface area contributed by atoms with E-state index in [1.807, 2.05) is 19.9 Å². The van der Waals surface area contributed by atoms with Gasteiger partial charge in [-0.3, -0.25) is 9.59 Å². The quantitative estimate of drug-likeness (QED) is 0.924. The highest BCUT2D eigenvalue weighted by Crippen LogP contribution is 2.22. The zero-order valence-corrected chi connectivity index (χ0v) is 14.2. The molecule has 2 amide bonds. The number of halogens is 1. The van der Waals surface area contributed by atoms with Crippen LogP contribution in [0.15, 0.2) is 30.3 Å². The van der Waals surface area contributed by atoms with Crippen LogP contribution in [0.1, 0.15) is 20.1 Å². The van der Waals surface area contributed by atoms with Gasteiger partial charge >= 0.3 is 0 Å². The fourth-order valence-electron chi connectivity index (χ4n) is 2.09. The Labute approximate surface area is 138 Å². The van der Waals surface area contributed by atoms with Gasteiger partial charge in [0.15, 0.2) is 0 Å². The van der Waals surface area contributed by atoms with Crippen molar-refractivity contribution in [3.05, 3.63) is 50.7 Å². The summed E-state index contributed by atoms with van der Waals surface area (Å²) in [7, 11) is 1.61. The number of benzene rings is 1. The lowest BCUT2D eigenvalue weighted by atomic mass is 10.2. The van der Waals surface area contributed by atoms with Crippen LogP contribution in [0.25, 0.3) is 0 Å². The standard InChI is InChI=1S/C16H17ClN2O2S/c1-10-8-12(11(2)22-10)16(21)19(3)9-15(20)18-14-7-5-4-6-13(14)17/h4-8H,9H2,1-3H3,(H,18,20). The number of rotatable bonds is 4. The van der Waals surface area contributed by atoms with Crippen LogP contribution in [0.3, 0.4) is 0 Å². The Kier molecular flexibility index (Phi) is 5.21. The van der Waals surface area contributed by atoms with E-state index in [2.05, 4.69) is 5.32 Å². The average Bonchev–Trinajstić information content (AvgIpc) is 2.79. The molecule has 0 aliphatic carbocycles. The first-order valence-electron chi connectivity index (χ1n) is 6.75. The van der Waals surface area contributed by atoms with Crippen molar-refractivity contribution >= 4 is 40.4 Å². The normalized spacial score (nSPS) is 10.4. The van der Waals surface area contributed by atoms with Crippen LogP contribution in [-0.2, 0) is 4.79 Å². The van der Waals surface area contributed by atoms with Crippen LogP contribution < -0.4 is 5.32 Å². The van der Waals surface area contributed by atoms with Crippen LogP contribution in [0.2, 0.25) is 5.02 Å². The summed E-state index contributed by atoms with van der Waals surface area (Å²) in [6, 6.07) is 8.84.